The summed E-state index contributed by atoms with van der Waals surface area (Å²) >= 11 is 7.93. The number of thiocarbonyl (C=S) groups is 1. The van der Waals surface area contributed by atoms with E-state index in [4.69, 9.17) is 17.0 Å². The third-order valence-electron chi connectivity index (χ3n) is 5.35. The lowest BCUT2D eigenvalue weighted by atomic mass is 10.1. The van der Waals surface area contributed by atoms with Crippen LogP contribution < -0.4 is 15.0 Å². The van der Waals surface area contributed by atoms with Crippen molar-refractivity contribution in [3.8, 4) is 5.75 Å². The molecule has 1 heterocycles. The number of amides is 2. The molecule has 0 aliphatic carbocycles. The lowest BCUT2D eigenvalue weighted by Crippen LogP contribution is -2.37. The van der Waals surface area contributed by atoms with Crippen LogP contribution in [0.5, 0.6) is 5.75 Å². The smallest absolute Gasteiger partial charge is 0.256 e. The molecule has 33 heavy (non-hydrogen) atoms. The summed E-state index contributed by atoms with van der Waals surface area (Å²) in [6.45, 7) is 0.402. The van der Waals surface area contributed by atoms with E-state index in [1.54, 1.807) is 7.11 Å². The highest BCUT2D eigenvalue weighted by atomic mass is 127. The molecule has 6 nitrogen and oxygen atoms in total. The monoisotopic (exact) mass is 571 g/mol. The van der Waals surface area contributed by atoms with Gasteiger partial charge < -0.3 is 15.0 Å². The highest BCUT2D eigenvalue weighted by molar-refractivity contribution is 14.1. The molecule has 0 saturated carbocycles. The minimum absolute atomic E-state index is 0.00948. The standard InChI is InChI=1S/C25H22IN3O3S/c1-32-21-13-7-17(8-14-21)16-28-22(15-23(30)27-19-11-9-18(26)10-12-19)24(31)29(25(28)33)20-5-3-2-4-6-20/h2-14,22H,15-16H2,1H3,(H,27,30). The molecule has 3 aromatic carbocycles. The molecule has 4 rings (SSSR count). The fraction of sp³-hybridized carbons (Fsp3) is 0.160. The van der Waals surface area contributed by atoms with E-state index in [0.717, 1.165) is 14.9 Å². The summed E-state index contributed by atoms with van der Waals surface area (Å²) in [4.78, 5) is 29.6. The number of benzene rings is 3. The molecule has 1 unspecified atom stereocenters. The first-order valence-electron chi connectivity index (χ1n) is 10.3. The third-order valence-corrected chi connectivity index (χ3v) is 6.49. The summed E-state index contributed by atoms with van der Waals surface area (Å²) in [6, 6.07) is 23.7. The Labute approximate surface area is 211 Å². The summed E-state index contributed by atoms with van der Waals surface area (Å²) in [7, 11) is 1.61. The predicted molar refractivity (Wildman–Crippen MR) is 141 cm³/mol. The van der Waals surface area contributed by atoms with Crippen LogP contribution in [-0.2, 0) is 16.1 Å². The minimum atomic E-state index is -0.705. The summed E-state index contributed by atoms with van der Waals surface area (Å²) < 4.78 is 6.31. The zero-order chi connectivity index (χ0) is 23.4. The third kappa shape index (κ3) is 5.33. The van der Waals surface area contributed by atoms with Crippen LogP contribution in [0.3, 0.4) is 0 Å². The van der Waals surface area contributed by atoms with Gasteiger partial charge in [0.15, 0.2) is 5.11 Å². The summed E-state index contributed by atoms with van der Waals surface area (Å²) in [5.74, 6) is 0.294. The number of hydrogen-bond acceptors (Lipinski definition) is 4. The summed E-state index contributed by atoms with van der Waals surface area (Å²) in [5, 5.41) is 3.27. The molecular formula is C25H22IN3O3S. The highest BCUT2D eigenvalue weighted by Gasteiger charge is 2.44. The molecule has 1 aliphatic rings. The van der Waals surface area contributed by atoms with Gasteiger partial charge in [-0.2, -0.15) is 0 Å². The number of para-hydroxylation sites is 1. The van der Waals surface area contributed by atoms with Gasteiger partial charge in [0.1, 0.15) is 11.8 Å². The molecular weight excluding hydrogens is 549 g/mol. The Morgan fingerprint density at radius 2 is 1.70 bits per heavy atom. The van der Waals surface area contributed by atoms with Crippen molar-refractivity contribution in [1.29, 1.82) is 0 Å². The second-order valence-electron chi connectivity index (χ2n) is 7.54. The number of nitrogens with zero attached hydrogens (tertiary/aromatic N) is 2. The maximum absolute atomic E-state index is 13.4. The normalized spacial score (nSPS) is 15.6. The summed E-state index contributed by atoms with van der Waals surface area (Å²) in [5.41, 5.74) is 2.34. The largest absolute Gasteiger partial charge is 0.497 e. The number of hydrogen-bond donors (Lipinski definition) is 1. The molecule has 1 aliphatic heterocycles. The van der Waals surface area contributed by atoms with E-state index in [0.29, 0.717) is 23.0 Å². The molecule has 1 fully saturated rings. The van der Waals surface area contributed by atoms with Gasteiger partial charge in [-0.05, 0) is 88.9 Å². The number of carbonyl (C=O) groups is 2. The molecule has 3 aromatic rings. The van der Waals surface area contributed by atoms with Crippen molar-refractivity contribution in [2.24, 2.45) is 0 Å². The second-order valence-corrected chi connectivity index (χ2v) is 9.15. The quantitative estimate of drug-likeness (QED) is 0.325. The molecule has 1 saturated heterocycles. The Morgan fingerprint density at radius 1 is 1.03 bits per heavy atom. The van der Waals surface area contributed by atoms with Crippen LogP contribution in [0.1, 0.15) is 12.0 Å². The van der Waals surface area contributed by atoms with Crippen molar-refractivity contribution in [2.45, 2.75) is 19.0 Å². The van der Waals surface area contributed by atoms with E-state index in [-0.39, 0.29) is 18.2 Å². The Kier molecular flexibility index (Phi) is 7.24. The molecule has 1 N–H and O–H groups in total. The Balaban J connectivity index is 1.58. The Bertz CT molecular complexity index is 1150. The lowest BCUT2D eigenvalue weighted by Gasteiger charge is -2.24. The van der Waals surface area contributed by atoms with Gasteiger partial charge in [0, 0.05) is 15.8 Å². The number of anilines is 2. The van der Waals surface area contributed by atoms with Crippen LogP contribution in [0.4, 0.5) is 11.4 Å². The van der Waals surface area contributed by atoms with Gasteiger partial charge in [-0.15, -0.1) is 0 Å². The Morgan fingerprint density at radius 3 is 2.33 bits per heavy atom. The highest BCUT2D eigenvalue weighted by Crippen LogP contribution is 2.29. The van der Waals surface area contributed by atoms with Crippen LogP contribution in [0.2, 0.25) is 0 Å². The van der Waals surface area contributed by atoms with Crippen molar-refractivity contribution < 1.29 is 14.3 Å². The fourth-order valence-corrected chi connectivity index (χ4v) is 4.42. The van der Waals surface area contributed by atoms with E-state index in [2.05, 4.69) is 27.9 Å². The van der Waals surface area contributed by atoms with Gasteiger partial charge in [-0.1, -0.05) is 30.3 Å². The first kappa shape index (κ1) is 23.2. The average molecular weight is 571 g/mol. The minimum Gasteiger partial charge on any atom is -0.497 e. The fourth-order valence-electron chi connectivity index (χ4n) is 3.68. The lowest BCUT2D eigenvalue weighted by molar-refractivity contribution is -0.124. The SMILES string of the molecule is COc1ccc(CN2C(=S)N(c3ccccc3)C(=O)C2CC(=O)Nc2ccc(I)cc2)cc1. The van der Waals surface area contributed by atoms with E-state index in [1.165, 1.54) is 4.90 Å². The molecule has 0 radical (unpaired) electrons. The van der Waals surface area contributed by atoms with Gasteiger partial charge in [0.2, 0.25) is 5.91 Å². The van der Waals surface area contributed by atoms with Gasteiger partial charge in [-0.25, -0.2) is 0 Å². The zero-order valence-corrected chi connectivity index (χ0v) is 20.9. The van der Waals surface area contributed by atoms with Crippen molar-refractivity contribution in [2.75, 3.05) is 17.3 Å². The van der Waals surface area contributed by atoms with Gasteiger partial charge in [0.25, 0.3) is 5.91 Å². The predicted octanol–water partition coefficient (Wildman–Crippen LogP) is 4.83. The van der Waals surface area contributed by atoms with Crippen LogP contribution >= 0.6 is 34.8 Å². The molecule has 1 atom stereocenters. The number of carbonyl (C=O) groups excluding carboxylic acids is 2. The van der Waals surface area contributed by atoms with Gasteiger partial charge in [0.05, 0.1) is 19.2 Å². The van der Waals surface area contributed by atoms with Crippen LogP contribution in [0.15, 0.2) is 78.9 Å². The molecule has 2 amide bonds. The van der Waals surface area contributed by atoms with Crippen LogP contribution in [0.25, 0.3) is 0 Å². The van der Waals surface area contributed by atoms with E-state index in [1.807, 2.05) is 83.8 Å². The zero-order valence-electron chi connectivity index (χ0n) is 17.9. The Hall–Kier alpha value is -2.98. The number of halogens is 1. The number of nitrogens with one attached hydrogen (secondary N) is 1. The first-order valence-corrected chi connectivity index (χ1v) is 11.8. The molecule has 8 heteroatoms. The van der Waals surface area contributed by atoms with Crippen LogP contribution in [0, 0.1) is 3.57 Å². The van der Waals surface area contributed by atoms with Gasteiger partial charge >= 0.3 is 0 Å². The topological polar surface area (TPSA) is 61.9 Å². The first-order chi connectivity index (χ1) is 16.0. The maximum atomic E-state index is 13.4. The van der Waals surface area contributed by atoms with Crippen molar-refractivity contribution in [3.05, 3.63) is 88.0 Å². The molecule has 168 valence electrons. The number of rotatable bonds is 7. The average Bonchev–Trinajstić information content (AvgIpc) is 3.05. The summed E-state index contributed by atoms with van der Waals surface area (Å²) in [6.07, 6.45) is -0.00948. The maximum Gasteiger partial charge on any atom is 0.256 e. The van der Waals surface area contributed by atoms with Crippen molar-refractivity contribution in [1.82, 2.24) is 4.90 Å². The molecule has 0 spiro atoms. The second kappa shape index (κ2) is 10.3. The molecule has 0 aromatic heterocycles. The van der Waals surface area contributed by atoms with E-state index < -0.39 is 6.04 Å². The van der Waals surface area contributed by atoms with Crippen molar-refractivity contribution >= 4 is 63.1 Å². The number of ether oxygens (including phenoxy) is 1. The van der Waals surface area contributed by atoms with Gasteiger partial charge in [-0.3, -0.25) is 14.5 Å². The molecule has 0 bridgehead atoms. The van der Waals surface area contributed by atoms with E-state index >= 15 is 0 Å². The van der Waals surface area contributed by atoms with E-state index in [9.17, 15) is 9.59 Å². The van der Waals surface area contributed by atoms with Crippen molar-refractivity contribution in [3.63, 3.8) is 0 Å². The number of methoxy groups -OCH3 is 1. The van der Waals surface area contributed by atoms with Crippen LogP contribution in [-0.4, -0.2) is 35.0 Å².